The van der Waals surface area contributed by atoms with Gasteiger partial charge >= 0.3 is 0 Å². The number of fused-ring (bicyclic) bond motifs is 5. The van der Waals surface area contributed by atoms with E-state index in [1.165, 1.54) is 0 Å². The SMILES string of the molecule is CC(C)[C@H]1CC[C@@]2(C)[C@@H]1C1OC2(O)CC[C@@]1(C)O. The summed E-state index contributed by atoms with van der Waals surface area (Å²) in [4.78, 5) is 0. The van der Waals surface area contributed by atoms with E-state index in [1.807, 2.05) is 6.92 Å². The summed E-state index contributed by atoms with van der Waals surface area (Å²) in [7, 11) is 0. The van der Waals surface area contributed by atoms with Crippen LogP contribution < -0.4 is 0 Å². The molecule has 2 N–H and O–H groups in total. The van der Waals surface area contributed by atoms with E-state index in [9.17, 15) is 10.2 Å². The first-order chi connectivity index (χ1) is 8.21. The van der Waals surface area contributed by atoms with Crippen LogP contribution in [0.1, 0.15) is 53.4 Å². The van der Waals surface area contributed by atoms with E-state index in [0.29, 0.717) is 30.6 Å². The van der Waals surface area contributed by atoms with Crippen LogP contribution in [0.25, 0.3) is 0 Å². The van der Waals surface area contributed by atoms with Crippen LogP contribution in [-0.2, 0) is 4.74 Å². The van der Waals surface area contributed by atoms with Gasteiger partial charge in [-0.2, -0.15) is 0 Å². The maximum atomic E-state index is 10.8. The minimum absolute atomic E-state index is 0.174. The average Bonchev–Trinajstić information content (AvgIpc) is 2.69. The van der Waals surface area contributed by atoms with Crippen LogP contribution in [0.3, 0.4) is 0 Å². The lowest BCUT2D eigenvalue weighted by molar-refractivity contribution is -0.288. The molecule has 3 aliphatic rings. The lowest BCUT2D eigenvalue weighted by Crippen LogP contribution is -2.51. The highest BCUT2D eigenvalue weighted by atomic mass is 16.6. The monoisotopic (exact) mass is 254 g/mol. The number of rotatable bonds is 1. The van der Waals surface area contributed by atoms with E-state index in [4.69, 9.17) is 4.74 Å². The van der Waals surface area contributed by atoms with E-state index >= 15 is 0 Å². The standard InChI is InChI=1S/C15H26O3/c1-9(2)10-5-6-13(3)11(10)12-14(4,16)7-8-15(13,17)18-12/h9-12,16-17H,5-8H2,1-4H3/t10-,11+,12?,13+,14-,15?/m1/s1. The van der Waals surface area contributed by atoms with Gasteiger partial charge in [0.2, 0.25) is 0 Å². The van der Waals surface area contributed by atoms with Gasteiger partial charge in [0, 0.05) is 17.8 Å². The Morgan fingerprint density at radius 1 is 1.11 bits per heavy atom. The smallest absolute Gasteiger partial charge is 0.171 e. The van der Waals surface area contributed by atoms with Crippen molar-refractivity contribution in [3.05, 3.63) is 0 Å². The average molecular weight is 254 g/mol. The molecule has 104 valence electrons. The van der Waals surface area contributed by atoms with Crippen LogP contribution in [0.15, 0.2) is 0 Å². The van der Waals surface area contributed by atoms with Crippen molar-refractivity contribution >= 4 is 0 Å². The third-order valence-electron chi connectivity index (χ3n) is 6.17. The summed E-state index contributed by atoms with van der Waals surface area (Å²) in [6.07, 6.45) is 3.18. The summed E-state index contributed by atoms with van der Waals surface area (Å²) < 4.78 is 5.96. The van der Waals surface area contributed by atoms with Crippen LogP contribution >= 0.6 is 0 Å². The van der Waals surface area contributed by atoms with Gasteiger partial charge in [0.05, 0.1) is 11.7 Å². The second-order valence-electron chi connectivity index (χ2n) is 7.57. The second kappa shape index (κ2) is 3.50. The predicted molar refractivity (Wildman–Crippen MR) is 68.8 cm³/mol. The topological polar surface area (TPSA) is 49.7 Å². The molecule has 1 saturated carbocycles. The van der Waals surface area contributed by atoms with Crippen LogP contribution in [0.5, 0.6) is 0 Å². The Bertz CT molecular complexity index is 365. The van der Waals surface area contributed by atoms with Crippen molar-refractivity contribution in [2.45, 2.75) is 70.9 Å². The molecule has 2 saturated heterocycles. The fourth-order valence-electron chi connectivity index (χ4n) is 4.89. The number of hydrogen-bond acceptors (Lipinski definition) is 3. The molecular weight excluding hydrogens is 228 g/mol. The zero-order valence-electron chi connectivity index (χ0n) is 11.9. The maximum Gasteiger partial charge on any atom is 0.171 e. The van der Waals surface area contributed by atoms with Crippen LogP contribution in [0.2, 0.25) is 0 Å². The Balaban J connectivity index is 2.05. The third-order valence-corrected chi connectivity index (χ3v) is 6.17. The molecule has 0 amide bonds. The molecule has 0 aromatic carbocycles. The van der Waals surface area contributed by atoms with Crippen molar-refractivity contribution in [2.24, 2.45) is 23.2 Å². The fourth-order valence-corrected chi connectivity index (χ4v) is 4.89. The Morgan fingerprint density at radius 2 is 1.78 bits per heavy atom. The minimum Gasteiger partial charge on any atom is -0.387 e. The molecule has 0 spiro atoms. The summed E-state index contributed by atoms with van der Waals surface area (Å²) in [5, 5.41) is 21.4. The number of aliphatic hydroxyl groups is 2. The molecule has 2 aliphatic heterocycles. The lowest BCUT2D eigenvalue weighted by Gasteiger charge is -2.42. The van der Waals surface area contributed by atoms with E-state index in [-0.39, 0.29) is 11.5 Å². The van der Waals surface area contributed by atoms with Crippen molar-refractivity contribution in [2.75, 3.05) is 0 Å². The summed E-state index contributed by atoms with van der Waals surface area (Å²) >= 11 is 0. The number of hydrogen-bond donors (Lipinski definition) is 2. The highest BCUT2D eigenvalue weighted by Crippen LogP contribution is 2.67. The summed E-state index contributed by atoms with van der Waals surface area (Å²) in [5.74, 6) is 0.423. The van der Waals surface area contributed by atoms with Gasteiger partial charge in [0.1, 0.15) is 0 Å². The van der Waals surface area contributed by atoms with Gasteiger partial charge in [-0.05, 0) is 38.0 Å². The Hall–Kier alpha value is -0.120. The molecule has 3 heteroatoms. The minimum atomic E-state index is -1.01. The Labute approximate surface area is 110 Å². The predicted octanol–water partition coefficient (Wildman–Crippen LogP) is 2.31. The van der Waals surface area contributed by atoms with E-state index in [2.05, 4.69) is 20.8 Å². The van der Waals surface area contributed by atoms with Crippen molar-refractivity contribution in [1.29, 1.82) is 0 Å². The molecule has 3 fully saturated rings. The van der Waals surface area contributed by atoms with Gasteiger partial charge in [-0.3, -0.25) is 0 Å². The lowest BCUT2D eigenvalue weighted by atomic mass is 9.69. The first-order valence-electron chi connectivity index (χ1n) is 7.34. The molecule has 1 aliphatic carbocycles. The summed E-state index contributed by atoms with van der Waals surface area (Å²) in [6, 6.07) is 0. The molecule has 0 aromatic rings. The first-order valence-corrected chi connectivity index (χ1v) is 7.34. The molecule has 3 nitrogen and oxygen atoms in total. The molecule has 3 rings (SSSR count). The molecule has 6 atom stereocenters. The van der Waals surface area contributed by atoms with E-state index < -0.39 is 11.4 Å². The van der Waals surface area contributed by atoms with Gasteiger partial charge in [0.15, 0.2) is 5.79 Å². The maximum absolute atomic E-state index is 10.8. The molecule has 0 aromatic heterocycles. The highest BCUT2D eigenvalue weighted by molar-refractivity contribution is 5.16. The van der Waals surface area contributed by atoms with E-state index in [1.54, 1.807) is 0 Å². The first kappa shape index (κ1) is 12.9. The highest BCUT2D eigenvalue weighted by Gasteiger charge is 2.71. The third kappa shape index (κ3) is 1.36. The largest absolute Gasteiger partial charge is 0.387 e. The Kier molecular flexibility index (Phi) is 2.51. The molecular formula is C15H26O3. The summed E-state index contributed by atoms with van der Waals surface area (Å²) in [6.45, 7) is 8.54. The summed E-state index contributed by atoms with van der Waals surface area (Å²) in [5.41, 5.74) is -0.959. The second-order valence-corrected chi connectivity index (χ2v) is 7.57. The van der Waals surface area contributed by atoms with Gasteiger partial charge in [-0.25, -0.2) is 0 Å². The van der Waals surface area contributed by atoms with Crippen molar-refractivity contribution in [3.63, 3.8) is 0 Å². The van der Waals surface area contributed by atoms with Gasteiger partial charge in [0.25, 0.3) is 0 Å². The molecule has 2 heterocycles. The zero-order valence-corrected chi connectivity index (χ0v) is 11.9. The molecule has 0 radical (unpaired) electrons. The van der Waals surface area contributed by atoms with Crippen molar-refractivity contribution < 1.29 is 14.9 Å². The van der Waals surface area contributed by atoms with E-state index in [0.717, 1.165) is 12.8 Å². The zero-order chi connectivity index (χ0) is 13.3. The van der Waals surface area contributed by atoms with Gasteiger partial charge in [-0.1, -0.05) is 20.8 Å². The molecule has 2 unspecified atom stereocenters. The van der Waals surface area contributed by atoms with Crippen molar-refractivity contribution in [3.8, 4) is 0 Å². The Morgan fingerprint density at radius 3 is 2.39 bits per heavy atom. The quantitative estimate of drug-likeness (QED) is 0.755. The molecule has 18 heavy (non-hydrogen) atoms. The van der Waals surface area contributed by atoms with Crippen LogP contribution in [0, 0.1) is 23.2 Å². The van der Waals surface area contributed by atoms with Gasteiger partial charge < -0.3 is 14.9 Å². The van der Waals surface area contributed by atoms with Crippen LogP contribution in [0.4, 0.5) is 0 Å². The fraction of sp³-hybridized carbons (Fsp3) is 1.00. The van der Waals surface area contributed by atoms with Gasteiger partial charge in [-0.15, -0.1) is 0 Å². The van der Waals surface area contributed by atoms with Crippen molar-refractivity contribution in [1.82, 2.24) is 0 Å². The van der Waals surface area contributed by atoms with Crippen LogP contribution in [-0.4, -0.2) is 27.7 Å². The number of ether oxygens (including phenoxy) is 1. The molecule has 2 bridgehead atoms. The normalized spacial score (nSPS) is 59.2.